The van der Waals surface area contributed by atoms with Crippen molar-refractivity contribution in [1.29, 1.82) is 0 Å². The zero-order chi connectivity index (χ0) is 14.0. The quantitative estimate of drug-likeness (QED) is 0.851. The third-order valence-corrected chi connectivity index (χ3v) is 3.57. The van der Waals surface area contributed by atoms with Crippen molar-refractivity contribution in [2.45, 2.75) is 38.8 Å². The average molecular weight is 272 g/mol. The van der Waals surface area contributed by atoms with Gasteiger partial charge in [0.15, 0.2) is 11.6 Å². The summed E-state index contributed by atoms with van der Waals surface area (Å²) < 4.78 is 40.4. The molecule has 1 heterocycles. The minimum atomic E-state index is -1.13. The van der Waals surface area contributed by atoms with E-state index in [9.17, 15) is 13.2 Å². The van der Waals surface area contributed by atoms with Crippen LogP contribution in [0.3, 0.4) is 0 Å². The molecule has 106 valence electrons. The lowest BCUT2D eigenvalue weighted by Gasteiger charge is -2.40. The number of halogens is 3. The maximum absolute atomic E-state index is 13.8. The van der Waals surface area contributed by atoms with Gasteiger partial charge in [-0.1, -0.05) is 13.3 Å². The second-order valence-corrected chi connectivity index (χ2v) is 5.12. The van der Waals surface area contributed by atoms with Crippen molar-refractivity contribution in [2.75, 3.05) is 18.0 Å². The summed E-state index contributed by atoms with van der Waals surface area (Å²) in [6.07, 6.45) is 1.97. The summed E-state index contributed by atoms with van der Waals surface area (Å²) >= 11 is 0. The summed E-state index contributed by atoms with van der Waals surface area (Å²) in [6.45, 7) is 5.24. The van der Waals surface area contributed by atoms with Gasteiger partial charge in [0.2, 0.25) is 0 Å². The Morgan fingerprint density at radius 3 is 2.74 bits per heavy atom. The molecule has 0 aromatic heterocycles. The SMILES string of the molecule is CCCC1CN(c2cc(F)cc(F)c2F)C(C)CN1. The molecule has 0 saturated carbocycles. The number of piperazine rings is 1. The summed E-state index contributed by atoms with van der Waals surface area (Å²) in [5.41, 5.74) is 0.0209. The highest BCUT2D eigenvalue weighted by molar-refractivity contribution is 5.50. The Labute approximate surface area is 111 Å². The van der Waals surface area contributed by atoms with Crippen LogP contribution in [-0.4, -0.2) is 25.2 Å². The van der Waals surface area contributed by atoms with Gasteiger partial charge in [0.25, 0.3) is 0 Å². The van der Waals surface area contributed by atoms with Crippen LogP contribution in [0.2, 0.25) is 0 Å². The van der Waals surface area contributed by atoms with Crippen molar-refractivity contribution < 1.29 is 13.2 Å². The molecular formula is C14H19F3N2. The molecule has 2 atom stereocenters. The predicted molar refractivity (Wildman–Crippen MR) is 69.8 cm³/mol. The zero-order valence-electron chi connectivity index (χ0n) is 11.2. The molecular weight excluding hydrogens is 253 g/mol. The van der Waals surface area contributed by atoms with Crippen LogP contribution in [0.4, 0.5) is 18.9 Å². The molecule has 0 radical (unpaired) electrons. The van der Waals surface area contributed by atoms with E-state index in [0.29, 0.717) is 19.2 Å². The van der Waals surface area contributed by atoms with Crippen molar-refractivity contribution >= 4 is 5.69 Å². The highest BCUT2D eigenvalue weighted by Crippen LogP contribution is 2.27. The van der Waals surface area contributed by atoms with Crippen molar-refractivity contribution in [3.8, 4) is 0 Å². The molecule has 1 aromatic rings. The molecule has 1 aromatic carbocycles. The fourth-order valence-electron chi connectivity index (χ4n) is 2.56. The standard InChI is InChI=1S/C14H19F3N2/c1-3-4-11-8-19(9(2)7-18-11)13-6-10(15)5-12(16)14(13)17/h5-6,9,11,18H,3-4,7-8H2,1-2H3. The van der Waals surface area contributed by atoms with Gasteiger partial charge in [-0.05, 0) is 13.3 Å². The van der Waals surface area contributed by atoms with Crippen LogP contribution >= 0.6 is 0 Å². The minimum Gasteiger partial charge on any atom is -0.363 e. The first kappa shape index (κ1) is 14.2. The van der Waals surface area contributed by atoms with E-state index in [-0.39, 0.29) is 17.8 Å². The second-order valence-electron chi connectivity index (χ2n) is 5.12. The number of benzene rings is 1. The number of anilines is 1. The van der Waals surface area contributed by atoms with E-state index in [1.807, 2.05) is 6.92 Å². The molecule has 1 fully saturated rings. The van der Waals surface area contributed by atoms with Gasteiger partial charge < -0.3 is 10.2 Å². The van der Waals surface area contributed by atoms with Gasteiger partial charge in [0.05, 0.1) is 5.69 Å². The Hall–Kier alpha value is -1.23. The molecule has 1 aliphatic heterocycles. The summed E-state index contributed by atoms with van der Waals surface area (Å²) in [5, 5.41) is 3.37. The van der Waals surface area contributed by atoms with Crippen LogP contribution in [-0.2, 0) is 0 Å². The van der Waals surface area contributed by atoms with Crippen LogP contribution in [0, 0.1) is 17.5 Å². The van der Waals surface area contributed by atoms with E-state index in [2.05, 4.69) is 12.2 Å². The van der Waals surface area contributed by atoms with Gasteiger partial charge in [-0.3, -0.25) is 0 Å². The van der Waals surface area contributed by atoms with Gasteiger partial charge in [-0.2, -0.15) is 0 Å². The van der Waals surface area contributed by atoms with Crippen LogP contribution in [0.25, 0.3) is 0 Å². The van der Waals surface area contributed by atoms with E-state index in [1.165, 1.54) is 0 Å². The third kappa shape index (κ3) is 3.03. The van der Waals surface area contributed by atoms with Gasteiger partial charge in [0.1, 0.15) is 5.82 Å². The van der Waals surface area contributed by atoms with Crippen molar-refractivity contribution in [3.63, 3.8) is 0 Å². The van der Waals surface area contributed by atoms with Crippen LogP contribution in [0.5, 0.6) is 0 Å². The predicted octanol–water partition coefficient (Wildman–Crippen LogP) is 3.07. The number of hydrogen-bond donors (Lipinski definition) is 1. The number of nitrogens with one attached hydrogen (secondary N) is 1. The van der Waals surface area contributed by atoms with Gasteiger partial charge in [-0.15, -0.1) is 0 Å². The molecule has 1 N–H and O–H groups in total. The lowest BCUT2D eigenvalue weighted by atomic mass is 10.0. The molecule has 0 amide bonds. The number of hydrogen-bond acceptors (Lipinski definition) is 2. The van der Waals surface area contributed by atoms with E-state index >= 15 is 0 Å². The fourth-order valence-corrected chi connectivity index (χ4v) is 2.56. The molecule has 2 unspecified atom stereocenters. The van der Waals surface area contributed by atoms with E-state index < -0.39 is 17.5 Å². The maximum Gasteiger partial charge on any atom is 0.182 e. The third-order valence-electron chi connectivity index (χ3n) is 3.57. The lowest BCUT2D eigenvalue weighted by molar-refractivity contribution is 0.380. The molecule has 5 heteroatoms. The van der Waals surface area contributed by atoms with Gasteiger partial charge in [-0.25, -0.2) is 13.2 Å². The van der Waals surface area contributed by atoms with Gasteiger partial charge >= 0.3 is 0 Å². The molecule has 19 heavy (non-hydrogen) atoms. The second kappa shape index (κ2) is 5.82. The normalized spacial score (nSPS) is 23.7. The average Bonchev–Trinajstić information content (AvgIpc) is 2.36. The monoisotopic (exact) mass is 272 g/mol. The van der Waals surface area contributed by atoms with E-state index in [0.717, 1.165) is 18.9 Å². The number of nitrogens with zero attached hydrogens (tertiary/aromatic N) is 1. The highest BCUT2D eigenvalue weighted by Gasteiger charge is 2.27. The number of rotatable bonds is 3. The van der Waals surface area contributed by atoms with E-state index in [4.69, 9.17) is 0 Å². The first-order valence-corrected chi connectivity index (χ1v) is 6.67. The lowest BCUT2D eigenvalue weighted by Crippen LogP contribution is -2.55. The first-order chi connectivity index (χ1) is 9.02. The first-order valence-electron chi connectivity index (χ1n) is 6.67. The van der Waals surface area contributed by atoms with Crippen molar-refractivity contribution in [2.24, 2.45) is 0 Å². The Kier molecular flexibility index (Phi) is 4.34. The molecule has 1 aliphatic rings. The minimum absolute atomic E-state index is 0.00352. The van der Waals surface area contributed by atoms with Crippen LogP contribution < -0.4 is 10.2 Å². The molecule has 0 spiro atoms. The van der Waals surface area contributed by atoms with Crippen LogP contribution in [0.1, 0.15) is 26.7 Å². The topological polar surface area (TPSA) is 15.3 Å². The smallest absolute Gasteiger partial charge is 0.182 e. The van der Waals surface area contributed by atoms with Crippen molar-refractivity contribution in [3.05, 3.63) is 29.6 Å². The van der Waals surface area contributed by atoms with E-state index in [1.54, 1.807) is 4.90 Å². The maximum atomic E-state index is 13.8. The molecule has 0 bridgehead atoms. The molecule has 2 nitrogen and oxygen atoms in total. The van der Waals surface area contributed by atoms with Crippen LogP contribution in [0.15, 0.2) is 12.1 Å². The Morgan fingerprint density at radius 1 is 1.32 bits per heavy atom. The fraction of sp³-hybridized carbons (Fsp3) is 0.571. The summed E-state index contributed by atoms with van der Waals surface area (Å²) in [7, 11) is 0. The summed E-state index contributed by atoms with van der Waals surface area (Å²) in [6, 6.07) is 1.88. The zero-order valence-corrected chi connectivity index (χ0v) is 11.2. The molecule has 0 aliphatic carbocycles. The largest absolute Gasteiger partial charge is 0.363 e. The Bertz CT molecular complexity index is 451. The summed E-state index contributed by atoms with van der Waals surface area (Å²) in [4.78, 5) is 1.75. The highest BCUT2D eigenvalue weighted by atomic mass is 19.2. The van der Waals surface area contributed by atoms with Crippen molar-refractivity contribution in [1.82, 2.24) is 5.32 Å². The summed E-state index contributed by atoms with van der Waals surface area (Å²) in [5.74, 6) is -2.84. The molecule has 2 rings (SSSR count). The Balaban J connectivity index is 2.28. The molecule has 1 saturated heterocycles. The Morgan fingerprint density at radius 2 is 2.05 bits per heavy atom. The van der Waals surface area contributed by atoms with Gasteiger partial charge in [0, 0.05) is 37.3 Å².